The SMILES string of the molecule is CCCCOc1ccc(C2/C(=C(\O)c3ccc(C)cc3)C(=O)C(=O)N2c2nc(C)c(C(=O)OC)s2)cc1OCC. The smallest absolute Gasteiger partial charge is 0.350 e. The first-order valence-corrected chi connectivity index (χ1v) is 13.9. The minimum absolute atomic E-state index is 0.0941. The lowest BCUT2D eigenvalue weighted by Crippen LogP contribution is -2.29. The quantitative estimate of drug-likeness (QED) is 0.109. The Labute approximate surface area is 237 Å². The van der Waals surface area contributed by atoms with Crippen LogP contribution in [0, 0.1) is 13.8 Å². The Morgan fingerprint density at radius 3 is 2.42 bits per heavy atom. The molecule has 0 bridgehead atoms. The number of amides is 1. The number of benzene rings is 2. The number of aryl methyl sites for hydroxylation is 2. The Bertz CT molecular complexity index is 1460. The molecular formula is C30H32N2O7S. The maximum Gasteiger partial charge on any atom is 0.350 e. The van der Waals surface area contributed by atoms with Gasteiger partial charge in [-0.25, -0.2) is 9.78 Å². The zero-order valence-corrected chi connectivity index (χ0v) is 24.0. The number of thiazole rings is 1. The minimum Gasteiger partial charge on any atom is -0.507 e. The van der Waals surface area contributed by atoms with E-state index in [1.165, 1.54) is 12.0 Å². The molecule has 3 aromatic rings. The van der Waals surface area contributed by atoms with E-state index in [0.717, 1.165) is 29.7 Å². The van der Waals surface area contributed by atoms with Gasteiger partial charge in [0.1, 0.15) is 10.6 Å². The van der Waals surface area contributed by atoms with E-state index in [2.05, 4.69) is 11.9 Å². The largest absolute Gasteiger partial charge is 0.507 e. The van der Waals surface area contributed by atoms with E-state index in [9.17, 15) is 19.5 Å². The average Bonchev–Trinajstić information content (AvgIpc) is 3.45. The highest BCUT2D eigenvalue weighted by Gasteiger charge is 2.48. The van der Waals surface area contributed by atoms with Gasteiger partial charge in [0.15, 0.2) is 16.6 Å². The second-order valence-corrected chi connectivity index (χ2v) is 10.3. The van der Waals surface area contributed by atoms with Gasteiger partial charge in [0.05, 0.1) is 37.6 Å². The van der Waals surface area contributed by atoms with Gasteiger partial charge >= 0.3 is 11.9 Å². The molecule has 0 spiro atoms. The van der Waals surface area contributed by atoms with Crippen LogP contribution in [0.5, 0.6) is 11.5 Å². The highest BCUT2D eigenvalue weighted by Crippen LogP contribution is 2.45. The summed E-state index contributed by atoms with van der Waals surface area (Å²) in [7, 11) is 1.26. The lowest BCUT2D eigenvalue weighted by molar-refractivity contribution is -0.132. The molecule has 1 saturated heterocycles. The summed E-state index contributed by atoms with van der Waals surface area (Å²) in [5.74, 6) is -1.66. The van der Waals surface area contributed by atoms with Gasteiger partial charge in [-0.15, -0.1) is 0 Å². The number of Topliss-reactive ketones (excluding diaryl/α,β-unsaturated/α-hetero) is 1. The molecule has 10 heteroatoms. The van der Waals surface area contributed by atoms with Crippen molar-refractivity contribution >= 4 is 39.9 Å². The van der Waals surface area contributed by atoms with Crippen molar-refractivity contribution in [3.63, 3.8) is 0 Å². The fourth-order valence-corrected chi connectivity index (χ4v) is 5.40. The van der Waals surface area contributed by atoms with Crippen molar-refractivity contribution in [1.82, 2.24) is 4.98 Å². The van der Waals surface area contributed by atoms with Crippen LogP contribution in [0.4, 0.5) is 5.13 Å². The monoisotopic (exact) mass is 564 g/mol. The summed E-state index contributed by atoms with van der Waals surface area (Å²) in [4.78, 5) is 45.2. The van der Waals surface area contributed by atoms with Crippen LogP contribution in [0.2, 0.25) is 0 Å². The number of nitrogens with zero attached hydrogens (tertiary/aromatic N) is 2. The lowest BCUT2D eigenvalue weighted by atomic mass is 9.95. The number of aromatic nitrogens is 1. The average molecular weight is 565 g/mol. The van der Waals surface area contributed by atoms with Crippen LogP contribution in [0.15, 0.2) is 48.0 Å². The molecule has 9 nitrogen and oxygen atoms in total. The van der Waals surface area contributed by atoms with Gasteiger partial charge in [0, 0.05) is 5.56 Å². The second kappa shape index (κ2) is 12.3. The molecule has 2 aromatic carbocycles. The number of unbranched alkanes of at least 4 members (excludes halogenated alkanes) is 1. The van der Waals surface area contributed by atoms with Gasteiger partial charge in [0.25, 0.3) is 5.78 Å². The first kappa shape index (κ1) is 28.8. The zero-order valence-electron chi connectivity index (χ0n) is 23.1. The van der Waals surface area contributed by atoms with E-state index in [0.29, 0.717) is 41.5 Å². The molecule has 1 aliphatic heterocycles. The van der Waals surface area contributed by atoms with Crippen molar-refractivity contribution in [2.45, 2.75) is 46.6 Å². The van der Waals surface area contributed by atoms with E-state index in [4.69, 9.17) is 14.2 Å². The predicted octanol–water partition coefficient (Wildman–Crippen LogP) is 5.75. The van der Waals surface area contributed by atoms with Crippen molar-refractivity contribution in [1.29, 1.82) is 0 Å². The molecule has 4 rings (SSSR count). The zero-order chi connectivity index (χ0) is 29.0. The summed E-state index contributed by atoms with van der Waals surface area (Å²) in [5.41, 5.74) is 2.14. The molecule has 1 fully saturated rings. The molecule has 0 saturated carbocycles. The van der Waals surface area contributed by atoms with Gasteiger partial charge in [-0.3, -0.25) is 14.5 Å². The molecule has 0 aliphatic carbocycles. The molecule has 1 atom stereocenters. The van der Waals surface area contributed by atoms with Crippen LogP contribution in [-0.4, -0.2) is 48.1 Å². The summed E-state index contributed by atoms with van der Waals surface area (Å²) in [6.45, 7) is 8.32. The molecule has 210 valence electrons. The van der Waals surface area contributed by atoms with Gasteiger partial charge in [-0.1, -0.05) is 60.6 Å². The van der Waals surface area contributed by atoms with E-state index >= 15 is 0 Å². The summed E-state index contributed by atoms with van der Waals surface area (Å²) in [6.07, 6.45) is 1.84. The summed E-state index contributed by atoms with van der Waals surface area (Å²) < 4.78 is 16.6. The van der Waals surface area contributed by atoms with Crippen LogP contribution < -0.4 is 14.4 Å². The number of anilines is 1. The highest BCUT2D eigenvalue weighted by molar-refractivity contribution is 7.17. The van der Waals surface area contributed by atoms with Gasteiger partial charge in [-0.05, 0) is 44.9 Å². The highest BCUT2D eigenvalue weighted by atomic mass is 32.1. The number of carbonyl (C=O) groups excluding carboxylic acids is 3. The number of aliphatic hydroxyl groups excluding tert-OH is 1. The number of carbonyl (C=O) groups is 3. The normalized spacial score (nSPS) is 16.3. The summed E-state index contributed by atoms with van der Waals surface area (Å²) in [6, 6.07) is 11.1. The van der Waals surface area contributed by atoms with Crippen LogP contribution in [0.3, 0.4) is 0 Å². The second-order valence-electron chi connectivity index (χ2n) is 9.28. The Hall–Kier alpha value is -4.18. The third-order valence-corrected chi connectivity index (χ3v) is 7.61. The number of aliphatic hydroxyl groups is 1. The van der Waals surface area contributed by atoms with Crippen molar-refractivity contribution < 1.29 is 33.7 Å². The molecule has 40 heavy (non-hydrogen) atoms. The first-order chi connectivity index (χ1) is 19.2. The molecule has 1 aromatic heterocycles. The molecular weight excluding hydrogens is 532 g/mol. The topological polar surface area (TPSA) is 115 Å². The Morgan fingerprint density at radius 2 is 1.77 bits per heavy atom. The van der Waals surface area contributed by atoms with E-state index < -0.39 is 23.7 Å². The number of methoxy groups -OCH3 is 1. The molecule has 1 unspecified atom stereocenters. The minimum atomic E-state index is -1.04. The fraction of sp³-hybridized carbons (Fsp3) is 0.333. The van der Waals surface area contributed by atoms with Crippen LogP contribution in [-0.2, 0) is 14.3 Å². The fourth-order valence-electron chi connectivity index (χ4n) is 4.39. The number of hydrogen-bond acceptors (Lipinski definition) is 9. The van der Waals surface area contributed by atoms with Gasteiger partial charge < -0.3 is 19.3 Å². The van der Waals surface area contributed by atoms with Crippen LogP contribution >= 0.6 is 11.3 Å². The molecule has 1 aliphatic rings. The van der Waals surface area contributed by atoms with Crippen molar-refractivity contribution in [2.24, 2.45) is 0 Å². The number of esters is 1. The number of ether oxygens (including phenoxy) is 3. The Morgan fingerprint density at radius 1 is 1.05 bits per heavy atom. The van der Waals surface area contributed by atoms with Crippen molar-refractivity contribution in [2.75, 3.05) is 25.2 Å². The van der Waals surface area contributed by atoms with Crippen LogP contribution in [0.1, 0.15) is 64.8 Å². The molecule has 1 amide bonds. The predicted molar refractivity (Wildman–Crippen MR) is 152 cm³/mol. The van der Waals surface area contributed by atoms with Crippen molar-refractivity contribution in [3.05, 3.63) is 75.3 Å². The van der Waals surface area contributed by atoms with E-state index in [-0.39, 0.29) is 21.3 Å². The lowest BCUT2D eigenvalue weighted by Gasteiger charge is -2.24. The molecule has 0 radical (unpaired) electrons. The van der Waals surface area contributed by atoms with Gasteiger partial charge in [-0.2, -0.15) is 0 Å². The van der Waals surface area contributed by atoms with E-state index in [1.807, 2.05) is 26.0 Å². The third kappa shape index (κ3) is 5.58. The maximum atomic E-state index is 13.5. The summed E-state index contributed by atoms with van der Waals surface area (Å²) in [5, 5.41) is 11.5. The Balaban J connectivity index is 1.91. The van der Waals surface area contributed by atoms with E-state index in [1.54, 1.807) is 37.3 Å². The third-order valence-electron chi connectivity index (χ3n) is 6.47. The number of rotatable bonds is 10. The Kier molecular flexibility index (Phi) is 8.89. The van der Waals surface area contributed by atoms with Crippen molar-refractivity contribution in [3.8, 4) is 11.5 Å². The summed E-state index contributed by atoms with van der Waals surface area (Å²) >= 11 is 0.943. The maximum absolute atomic E-state index is 13.5. The molecule has 2 heterocycles. The first-order valence-electron chi connectivity index (χ1n) is 13.0. The number of hydrogen-bond donors (Lipinski definition) is 1. The van der Waals surface area contributed by atoms with Gasteiger partial charge in [0.2, 0.25) is 0 Å². The standard InChI is InChI=1S/C30H32N2O7S/c1-6-8-15-39-21-14-13-20(16-22(21)38-7-2)24-23(25(33)19-11-9-17(3)10-12-19)26(34)28(35)32(24)30-31-18(4)27(40-30)29(36)37-5/h9-14,16,24,33H,6-8,15H2,1-5H3/b25-23+. The molecule has 1 N–H and O–H groups in total. The van der Waals surface area contributed by atoms with Crippen LogP contribution in [0.25, 0.3) is 5.76 Å². The number of ketones is 1.